The van der Waals surface area contributed by atoms with Crippen molar-refractivity contribution in [2.45, 2.75) is 116 Å². The molecule has 2 aliphatic heterocycles. The van der Waals surface area contributed by atoms with Gasteiger partial charge in [-0.3, -0.25) is 4.90 Å². The maximum atomic E-state index is 14.3. The van der Waals surface area contributed by atoms with Gasteiger partial charge in [-0.05, 0) is 84.5 Å². The number of anilines is 1. The zero-order valence-electron chi connectivity index (χ0n) is 32.6. The summed E-state index contributed by atoms with van der Waals surface area (Å²) in [5.74, 6) is -0.567. The fraction of sp³-hybridized carbons (Fsp3) is 0.512. The quantitative estimate of drug-likeness (QED) is 0.185. The van der Waals surface area contributed by atoms with Crippen LogP contribution in [0.5, 0.6) is 0 Å². The van der Waals surface area contributed by atoms with Gasteiger partial charge in [0.05, 0.1) is 25.0 Å². The number of methoxy groups -OCH3 is 1. The van der Waals surface area contributed by atoms with E-state index in [-0.39, 0.29) is 28.1 Å². The zero-order valence-corrected chi connectivity index (χ0v) is 34.6. The number of benzene rings is 3. The average Bonchev–Trinajstić information content (AvgIpc) is 3.48. The minimum atomic E-state index is -2.81. The molecule has 1 N–H and O–H groups in total. The van der Waals surface area contributed by atoms with E-state index in [2.05, 4.69) is 121 Å². The standard InChI is InChI=1S/C41H58N2O6Si2/c1-39(2,3)48-38(45)43-34-24-23-28(37(44)46-10)25-32(34)35-33(36(43)49-50(11,12)40(4,5)6)26-29(42-35)27-47-51(41(7,8)9,30-19-15-13-16-20-30)31-21-17-14-18-22-31/h13-25,29,33,35-36,42H,26-27H2,1-12H3/t29-,33-,35-,36?/m1/s1. The second-order valence-corrected chi connectivity index (χ2v) is 26.7. The van der Waals surface area contributed by atoms with Crippen molar-refractivity contribution in [1.29, 1.82) is 0 Å². The molecule has 0 saturated carbocycles. The Morgan fingerprint density at radius 3 is 1.88 bits per heavy atom. The molecule has 2 heterocycles. The number of fused-ring (bicyclic) bond motifs is 3. The molecule has 1 fully saturated rings. The lowest BCUT2D eigenvalue weighted by Gasteiger charge is -2.48. The van der Waals surface area contributed by atoms with Gasteiger partial charge in [0.15, 0.2) is 8.32 Å². The molecular weight excluding hydrogens is 673 g/mol. The lowest BCUT2D eigenvalue weighted by molar-refractivity contribution is 0.0366. The number of carbonyl (C=O) groups excluding carboxylic acids is 2. The summed E-state index contributed by atoms with van der Waals surface area (Å²) in [5.41, 5.74) is 1.22. The van der Waals surface area contributed by atoms with Gasteiger partial charge in [0, 0.05) is 18.0 Å². The van der Waals surface area contributed by atoms with Gasteiger partial charge in [0.25, 0.3) is 8.32 Å². The van der Waals surface area contributed by atoms with Gasteiger partial charge in [0.1, 0.15) is 11.8 Å². The van der Waals surface area contributed by atoms with E-state index in [9.17, 15) is 9.59 Å². The van der Waals surface area contributed by atoms with Crippen molar-refractivity contribution >= 4 is 44.8 Å². The lowest BCUT2D eigenvalue weighted by Crippen LogP contribution is -2.67. The van der Waals surface area contributed by atoms with Crippen molar-refractivity contribution in [3.63, 3.8) is 0 Å². The normalized spacial score (nSPS) is 21.1. The summed E-state index contributed by atoms with van der Waals surface area (Å²) in [6.07, 6.45) is -0.361. The molecule has 0 aliphatic carbocycles. The first-order chi connectivity index (χ1) is 23.7. The van der Waals surface area contributed by atoms with E-state index in [1.807, 2.05) is 32.9 Å². The monoisotopic (exact) mass is 730 g/mol. The Kier molecular flexibility index (Phi) is 10.9. The molecule has 4 atom stereocenters. The molecule has 2 aliphatic rings. The summed E-state index contributed by atoms with van der Waals surface area (Å²) >= 11 is 0. The molecule has 3 aromatic carbocycles. The van der Waals surface area contributed by atoms with Crippen LogP contribution in [0.3, 0.4) is 0 Å². The van der Waals surface area contributed by atoms with Crippen molar-refractivity contribution < 1.29 is 27.9 Å². The molecule has 1 amide bonds. The molecule has 1 unspecified atom stereocenters. The van der Waals surface area contributed by atoms with Crippen LogP contribution in [0.1, 0.15) is 90.7 Å². The van der Waals surface area contributed by atoms with Gasteiger partial charge in [-0.25, -0.2) is 9.59 Å². The number of nitrogens with one attached hydrogen (secondary N) is 1. The molecular formula is C41H58N2O6Si2. The molecule has 51 heavy (non-hydrogen) atoms. The zero-order chi connectivity index (χ0) is 37.6. The van der Waals surface area contributed by atoms with Crippen molar-refractivity contribution in [3.8, 4) is 0 Å². The van der Waals surface area contributed by atoms with Gasteiger partial charge in [-0.1, -0.05) is 102 Å². The number of carbonyl (C=O) groups is 2. The van der Waals surface area contributed by atoms with Crippen molar-refractivity contribution in [1.82, 2.24) is 5.32 Å². The molecule has 10 heteroatoms. The first-order valence-corrected chi connectivity index (χ1v) is 23.0. The minimum absolute atomic E-state index is 0.0552. The highest BCUT2D eigenvalue weighted by Gasteiger charge is 2.55. The highest BCUT2D eigenvalue weighted by Crippen LogP contribution is 2.50. The third kappa shape index (κ3) is 7.76. The summed E-state index contributed by atoms with van der Waals surface area (Å²) in [7, 11) is -3.85. The smallest absolute Gasteiger partial charge is 0.416 e. The first kappa shape index (κ1) is 38.9. The summed E-state index contributed by atoms with van der Waals surface area (Å²) < 4.78 is 25.8. The number of rotatable bonds is 8. The Labute approximate surface area is 307 Å². The third-order valence-corrected chi connectivity index (χ3v) is 20.2. The van der Waals surface area contributed by atoms with E-state index >= 15 is 0 Å². The Morgan fingerprint density at radius 1 is 0.824 bits per heavy atom. The number of hydrogen-bond acceptors (Lipinski definition) is 7. The van der Waals surface area contributed by atoms with E-state index in [1.54, 1.807) is 11.0 Å². The van der Waals surface area contributed by atoms with Crippen LogP contribution in [-0.4, -0.2) is 60.3 Å². The number of nitrogens with zero attached hydrogens (tertiary/aromatic N) is 1. The van der Waals surface area contributed by atoms with Crippen LogP contribution in [-0.2, 0) is 18.3 Å². The topological polar surface area (TPSA) is 86.3 Å². The maximum absolute atomic E-state index is 14.3. The Morgan fingerprint density at radius 2 is 1.39 bits per heavy atom. The first-order valence-electron chi connectivity index (χ1n) is 18.1. The van der Waals surface area contributed by atoms with Crippen molar-refractivity contribution in [2.24, 2.45) is 5.92 Å². The Hall–Kier alpha value is -3.29. The fourth-order valence-corrected chi connectivity index (χ4v) is 13.2. The van der Waals surface area contributed by atoms with Crippen LogP contribution < -0.4 is 20.6 Å². The number of amides is 1. The van der Waals surface area contributed by atoms with E-state index in [0.717, 1.165) is 5.56 Å². The van der Waals surface area contributed by atoms with Crippen molar-refractivity contribution in [3.05, 3.63) is 90.0 Å². The van der Waals surface area contributed by atoms with E-state index in [0.29, 0.717) is 24.3 Å². The largest absolute Gasteiger partial charge is 0.465 e. The van der Waals surface area contributed by atoms with E-state index < -0.39 is 40.5 Å². The SMILES string of the molecule is COC(=O)c1ccc2c(c1)[C@H]1N[C@@H](CO[Si](c3ccccc3)(c3ccccc3)C(C)(C)C)C[C@H]1C(O[Si](C)(C)C(C)(C)C)N2C(=O)OC(C)(C)C. The van der Waals surface area contributed by atoms with Crippen LogP contribution in [0.4, 0.5) is 10.5 Å². The van der Waals surface area contributed by atoms with Gasteiger partial charge in [-0.15, -0.1) is 0 Å². The molecule has 0 radical (unpaired) electrons. The van der Waals surface area contributed by atoms with Crippen LogP contribution >= 0.6 is 0 Å². The Balaban J connectivity index is 1.61. The average molecular weight is 731 g/mol. The van der Waals surface area contributed by atoms with E-state index in [4.69, 9.17) is 18.3 Å². The molecule has 0 spiro atoms. The lowest BCUT2D eigenvalue weighted by atomic mass is 9.85. The number of esters is 1. The Bertz CT molecular complexity index is 1660. The molecule has 0 aromatic heterocycles. The summed E-state index contributed by atoms with van der Waals surface area (Å²) in [6.45, 7) is 24.0. The van der Waals surface area contributed by atoms with Gasteiger partial charge in [-0.2, -0.15) is 0 Å². The summed E-state index contributed by atoms with van der Waals surface area (Å²) in [5, 5.41) is 6.09. The molecule has 1 saturated heterocycles. The summed E-state index contributed by atoms with van der Waals surface area (Å²) in [6, 6.07) is 26.5. The fourth-order valence-electron chi connectivity index (χ4n) is 7.34. The molecule has 0 bridgehead atoms. The van der Waals surface area contributed by atoms with Gasteiger partial charge < -0.3 is 23.6 Å². The highest BCUT2D eigenvalue weighted by atomic mass is 28.4. The summed E-state index contributed by atoms with van der Waals surface area (Å²) in [4.78, 5) is 28.8. The number of ether oxygens (including phenoxy) is 2. The van der Waals surface area contributed by atoms with Crippen molar-refractivity contribution in [2.75, 3.05) is 18.6 Å². The second-order valence-electron chi connectivity index (χ2n) is 17.6. The molecule has 8 nitrogen and oxygen atoms in total. The van der Waals surface area contributed by atoms with Gasteiger partial charge in [0.2, 0.25) is 0 Å². The molecule has 3 aromatic rings. The van der Waals surface area contributed by atoms with E-state index in [1.165, 1.54) is 17.5 Å². The molecule has 276 valence electrons. The van der Waals surface area contributed by atoms with Crippen LogP contribution in [0.2, 0.25) is 23.2 Å². The maximum Gasteiger partial charge on any atom is 0.416 e. The van der Waals surface area contributed by atoms with Crippen LogP contribution in [0, 0.1) is 5.92 Å². The van der Waals surface area contributed by atoms with Crippen LogP contribution in [0.15, 0.2) is 78.9 Å². The predicted molar refractivity (Wildman–Crippen MR) is 210 cm³/mol. The minimum Gasteiger partial charge on any atom is -0.465 e. The molecule has 5 rings (SSSR count). The van der Waals surface area contributed by atoms with Gasteiger partial charge >= 0.3 is 12.1 Å². The third-order valence-electron chi connectivity index (χ3n) is 10.8. The number of hydrogen-bond donors (Lipinski definition) is 1. The van der Waals surface area contributed by atoms with Crippen LogP contribution in [0.25, 0.3) is 0 Å². The highest BCUT2D eigenvalue weighted by molar-refractivity contribution is 6.99. The second kappa shape index (κ2) is 14.3. The predicted octanol–water partition coefficient (Wildman–Crippen LogP) is 8.17.